The van der Waals surface area contributed by atoms with Crippen LogP contribution in [0, 0.1) is 0 Å². The first-order chi connectivity index (χ1) is 13.5. The molecule has 0 bridgehead atoms. The van der Waals surface area contributed by atoms with Crippen LogP contribution in [0.25, 0.3) is 0 Å². The summed E-state index contributed by atoms with van der Waals surface area (Å²) < 4.78 is 29.9. The number of aromatic nitrogens is 1. The highest BCUT2D eigenvalue weighted by atomic mass is 35.5. The molecule has 1 fully saturated rings. The summed E-state index contributed by atoms with van der Waals surface area (Å²) in [6, 6.07) is 10.6. The van der Waals surface area contributed by atoms with Crippen LogP contribution in [-0.4, -0.2) is 43.7 Å². The number of ether oxygens (including phenoxy) is 1. The number of nitrogens with one attached hydrogen (secondary N) is 2. The summed E-state index contributed by atoms with van der Waals surface area (Å²) in [6.07, 6.45) is 2.56. The molecule has 1 atom stereocenters. The lowest BCUT2D eigenvalue weighted by Gasteiger charge is -2.22. The molecule has 2 N–H and O–H groups in total. The number of alkyl halides is 2. The first-order valence-corrected chi connectivity index (χ1v) is 9.29. The van der Waals surface area contributed by atoms with Crippen LogP contribution in [0.15, 0.2) is 47.6 Å². The zero-order valence-corrected chi connectivity index (χ0v) is 16.2. The molecule has 1 saturated heterocycles. The molecule has 0 saturated carbocycles. The molecular weight excluding hydrogens is 388 g/mol. The molecular formula is C19H22ClF2N5O. The number of anilines is 1. The van der Waals surface area contributed by atoms with E-state index in [1.54, 1.807) is 37.5 Å². The smallest absolute Gasteiger partial charge is 0.387 e. The molecule has 0 spiro atoms. The largest absolute Gasteiger partial charge is 0.433 e. The molecule has 0 radical (unpaired) electrons. The van der Waals surface area contributed by atoms with Crippen molar-refractivity contribution in [3.05, 3.63) is 53.3 Å². The van der Waals surface area contributed by atoms with Gasteiger partial charge in [0, 0.05) is 38.9 Å². The van der Waals surface area contributed by atoms with E-state index in [9.17, 15) is 8.78 Å². The highest BCUT2D eigenvalue weighted by molar-refractivity contribution is 6.29. The van der Waals surface area contributed by atoms with Crippen molar-refractivity contribution in [1.29, 1.82) is 0 Å². The van der Waals surface area contributed by atoms with E-state index in [0.717, 1.165) is 18.5 Å². The molecule has 28 heavy (non-hydrogen) atoms. The molecule has 2 aromatic rings. The van der Waals surface area contributed by atoms with Gasteiger partial charge >= 0.3 is 6.61 Å². The van der Waals surface area contributed by atoms with Crippen LogP contribution in [0.2, 0.25) is 5.15 Å². The maximum absolute atomic E-state index is 12.6. The predicted octanol–water partition coefficient (Wildman–Crippen LogP) is 3.28. The normalized spacial score (nSPS) is 17.1. The Morgan fingerprint density at radius 1 is 1.36 bits per heavy atom. The third-order valence-electron chi connectivity index (χ3n) is 4.42. The van der Waals surface area contributed by atoms with Crippen molar-refractivity contribution in [3.8, 4) is 5.75 Å². The first kappa shape index (κ1) is 20.1. The molecule has 1 unspecified atom stereocenters. The summed E-state index contributed by atoms with van der Waals surface area (Å²) in [5, 5.41) is 7.06. The van der Waals surface area contributed by atoms with Crippen molar-refractivity contribution in [2.45, 2.75) is 25.6 Å². The molecule has 1 aromatic heterocycles. The maximum atomic E-state index is 12.6. The molecule has 9 heteroatoms. The standard InChI is InChI=1S/C19H22ClF2N5O/c1-23-19(25-11-13-6-7-17(20)24-10-13)26-14-8-9-27(12-14)15-4-2-3-5-16(15)28-18(21)22/h2-7,10,14,18H,8-9,11-12H2,1H3,(H2,23,25,26). The number of hydrogen-bond acceptors (Lipinski definition) is 4. The van der Waals surface area contributed by atoms with Gasteiger partial charge in [-0.2, -0.15) is 8.78 Å². The van der Waals surface area contributed by atoms with Crippen LogP contribution < -0.4 is 20.3 Å². The summed E-state index contributed by atoms with van der Waals surface area (Å²) >= 11 is 5.80. The van der Waals surface area contributed by atoms with E-state index < -0.39 is 6.61 Å². The molecule has 0 amide bonds. The van der Waals surface area contributed by atoms with E-state index in [0.29, 0.717) is 29.9 Å². The van der Waals surface area contributed by atoms with Gasteiger partial charge in [0.1, 0.15) is 10.9 Å². The molecule has 1 aliphatic heterocycles. The second-order valence-electron chi connectivity index (χ2n) is 6.34. The molecule has 3 rings (SSSR count). The lowest BCUT2D eigenvalue weighted by atomic mass is 10.2. The van der Waals surface area contributed by atoms with E-state index in [1.807, 2.05) is 17.0 Å². The fourth-order valence-corrected chi connectivity index (χ4v) is 3.21. The Morgan fingerprint density at radius 3 is 2.89 bits per heavy atom. The van der Waals surface area contributed by atoms with Crippen molar-refractivity contribution < 1.29 is 13.5 Å². The van der Waals surface area contributed by atoms with Gasteiger partial charge in [0.05, 0.1) is 5.69 Å². The number of guanidine groups is 1. The van der Waals surface area contributed by atoms with Crippen LogP contribution in [0.1, 0.15) is 12.0 Å². The van der Waals surface area contributed by atoms with Gasteiger partial charge in [0.15, 0.2) is 5.96 Å². The molecule has 150 valence electrons. The van der Waals surface area contributed by atoms with Gasteiger partial charge in [-0.05, 0) is 30.2 Å². The van der Waals surface area contributed by atoms with Gasteiger partial charge < -0.3 is 20.3 Å². The van der Waals surface area contributed by atoms with Gasteiger partial charge in [0.2, 0.25) is 0 Å². The van der Waals surface area contributed by atoms with Crippen molar-refractivity contribution in [3.63, 3.8) is 0 Å². The molecule has 1 aromatic carbocycles. The first-order valence-electron chi connectivity index (χ1n) is 8.91. The Kier molecular flexibility index (Phi) is 6.86. The van der Waals surface area contributed by atoms with Crippen molar-refractivity contribution in [2.24, 2.45) is 4.99 Å². The average Bonchev–Trinajstić information content (AvgIpc) is 3.14. The summed E-state index contributed by atoms with van der Waals surface area (Å²) in [4.78, 5) is 10.3. The van der Waals surface area contributed by atoms with Crippen LogP contribution in [0.5, 0.6) is 5.75 Å². The van der Waals surface area contributed by atoms with E-state index in [2.05, 4.69) is 25.3 Å². The summed E-state index contributed by atoms with van der Waals surface area (Å²) in [7, 11) is 1.70. The van der Waals surface area contributed by atoms with Crippen LogP contribution in [0.3, 0.4) is 0 Å². The summed E-state index contributed by atoms with van der Waals surface area (Å²) in [6.45, 7) is -0.889. The number of aliphatic imine (C=N–C) groups is 1. The number of nitrogens with zero attached hydrogens (tertiary/aromatic N) is 3. The lowest BCUT2D eigenvalue weighted by Crippen LogP contribution is -2.44. The van der Waals surface area contributed by atoms with E-state index in [1.165, 1.54) is 0 Å². The second kappa shape index (κ2) is 9.54. The van der Waals surface area contributed by atoms with Gasteiger partial charge in [-0.1, -0.05) is 29.8 Å². The zero-order chi connectivity index (χ0) is 19.9. The number of pyridine rings is 1. The molecule has 1 aliphatic rings. The Bertz CT molecular complexity index is 803. The van der Waals surface area contributed by atoms with E-state index in [4.69, 9.17) is 11.6 Å². The number of benzene rings is 1. The van der Waals surface area contributed by atoms with Crippen LogP contribution in [0.4, 0.5) is 14.5 Å². The second-order valence-corrected chi connectivity index (χ2v) is 6.72. The zero-order valence-electron chi connectivity index (χ0n) is 15.4. The van der Waals surface area contributed by atoms with Crippen molar-refractivity contribution >= 4 is 23.2 Å². The van der Waals surface area contributed by atoms with Gasteiger partial charge in [-0.3, -0.25) is 4.99 Å². The third kappa shape index (κ3) is 5.45. The van der Waals surface area contributed by atoms with Crippen molar-refractivity contribution in [2.75, 3.05) is 25.0 Å². The minimum absolute atomic E-state index is 0.133. The maximum Gasteiger partial charge on any atom is 0.387 e. The van der Waals surface area contributed by atoms with Gasteiger partial charge in [-0.25, -0.2) is 4.98 Å². The molecule has 0 aliphatic carbocycles. The predicted molar refractivity (Wildman–Crippen MR) is 106 cm³/mol. The number of hydrogen-bond donors (Lipinski definition) is 2. The van der Waals surface area contributed by atoms with Crippen LogP contribution in [-0.2, 0) is 6.54 Å². The highest BCUT2D eigenvalue weighted by Crippen LogP contribution is 2.31. The Labute approximate surface area is 167 Å². The summed E-state index contributed by atoms with van der Waals surface area (Å²) in [5.74, 6) is 0.856. The topological polar surface area (TPSA) is 61.8 Å². The molecule has 6 nitrogen and oxygen atoms in total. The highest BCUT2D eigenvalue weighted by Gasteiger charge is 2.26. The number of para-hydroxylation sites is 2. The Hall–Kier alpha value is -2.61. The third-order valence-corrected chi connectivity index (χ3v) is 4.65. The van der Waals surface area contributed by atoms with Crippen molar-refractivity contribution in [1.82, 2.24) is 15.6 Å². The fraction of sp³-hybridized carbons (Fsp3) is 0.368. The quantitative estimate of drug-likeness (QED) is 0.435. The minimum atomic E-state index is -2.84. The van der Waals surface area contributed by atoms with Crippen LogP contribution >= 0.6 is 11.6 Å². The Morgan fingerprint density at radius 2 is 2.18 bits per heavy atom. The SMILES string of the molecule is CN=C(NCc1ccc(Cl)nc1)NC1CCN(c2ccccc2OC(F)F)C1. The van der Waals surface area contributed by atoms with Gasteiger partial charge in [0.25, 0.3) is 0 Å². The molecule has 2 heterocycles. The number of halogens is 3. The van der Waals surface area contributed by atoms with E-state index in [-0.39, 0.29) is 11.8 Å². The van der Waals surface area contributed by atoms with E-state index >= 15 is 0 Å². The average molecular weight is 410 g/mol. The number of rotatable bonds is 6. The minimum Gasteiger partial charge on any atom is -0.433 e. The lowest BCUT2D eigenvalue weighted by molar-refractivity contribution is -0.0495. The Balaban J connectivity index is 1.55. The fourth-order valence-electron chi connectivity index (χ4n) is 3.10. The summed E-state index contributed by atoms with van der Waals surface area (Å²) in [5.41, 5.74) is 1.65. The van der Waals surface area contributed by atoms with Gasteiger partial charge in [-0.15, -0.1) is 0 Å². The monoisotopic (exact) mass is 409 g/mol.